The zero-order chi connectivity index (χ0) is 13.5. The normalized spacial score (nSPS) is 33.3. The van der Waals surface area contributed by atoms with Crippen molar-refractivity contribution in [3.05, 3.63) is 23.6 Å². The molecule has 0 radical (unpaired) electrons. The van der Waals surface area contributed by atoms with E-state index in [9.17, 15) is 4.39 Å². The zero-order valence-electron chi connectivity index (χ0n) is 11.9. The van der Waals surface area contributed by atoms with E-state index in [4.69, 9.17) is 4.74 Å². The van der Waals surface area contributed by atoms with Crippen molar-refractivity contribution in [2.45, 2.75) is 51.2 Å². The number of halogens is 1. The van der Waals surface area contributed by atoms with Gasteiger partial charge in [-0.15, -0.1) is 0 Å². The molecule has 0 aromatic heterocycles. The van der Waals surface area contributed by atoms with Crippen LogP contribution in [-0.2, 0) is 4.74 Å². The second-order valence-electron chi connectivity index (χ2n) is 6.55. The zero-order valence-corrected chi connectivity index (χ0v) is 11.9. The third-order valence-electron chi connectivity index (χ3n) is 4.69. The van der Waals surface area contributed by atoms with E-state index in [1.807, 2.05) is 6.08 Å². The van der Waals surface area contributed by atoms with E-state index in [0.717, 1.165) is 32.4 Å². The van der Waals surface area contributed by atoms with E-state index in [2.05, 4.69) is 25.2 Å². The van der Waals surface area contributed by atoms with Gasteiger partial charge in [0.05, 0.1) is 11.7 Å². The summed E-state index contributed by atoms with van der Waals surface area (Å²) in [5, 5.41) is 3.38. The van der Waals surface area contributed by atoms with Gasteiger partial charge in [-0.2, -0.15) is 0 Å². The molecule has 0 aromatic carbocycles. The Morgan fingerprint density at radius 1 is 1.42 bits per heavy atom. The van der Waals surface area contributed by atoms with Gasteiger partial charge in [0.1, 0.15) is 5.83 Å². The number of hydrogen-bond donors (Lipinski definition) is 1. The van der Waals surface area contributed by atoms with E-state index >= 15 is 0 Å². The van der Waals surface area contributed by atoms with Crippen LogP contribution >= 0.6 is 0 Å². The van der Waals surface area contributed by atoms with Crippen LogP contribution in [-0.4, -0.2) is 24.8 Å². The summed E-state index contributed by atoms with van der Waals surface area (Å²) in [6, 6.07) is 0. The van der Waals surface area contributed by atoms with Crippen molar-refractivity contribution in [1.82, 2.24) is 5.32 Å². The Kier molecular flexibility index (Phi) is 3.52. The Balaban J connectivity index is 1.89. The van der Waals surface area contributed by atoms with E-state index in [1.165, 1.54) is 5.57 Å². The molecular formula is C16H24FNO. The highest BCUT2D eigenvalue weighted by molar-refractivity contribution is 5.34. The molecular weight excluding hydrogens is 241 g/mol. The number of ether oxygens (including phenoxy) is 1. The Morgan fingerprint density at radius 3 is 2.84 bits per heavy atom. The molecule has 2 atom stereocenters. The van der Waals surface area contributed by atoms with Gasteiger partial charge in [-0.05, 0) is 49.9 Å². The van der Waals surface area contributed by atoms with Crippen LogP contribution in [0.3, 0.4) is 0 Å². The summed E-state index contributed by atoms with van der Waals surface area (Å²) in [5.74, 6) is 0.798. The molecule has 1 N–H and O–H groups in total. The van der Waals surface area contributed by atoms with Gasteiger partial charge in [-0.1, -0.05) is 19.9 Å². The second kappa shape index (κ2) is 5.02. The standard InChI is InChI=1S/C16H24FNO/c1-11(2)9-15-13-4-3-12(17)10-14(13)16(19-15)5-7-18-8-6-16/h4,10-11,14-15,18H,3,5-9H2,1-2H3. The first-order valence-electron chi connectivity index (χ1n) is 7.55. The van der Waals surface area contributed by atoms with Crippen molar-refractivity contribution in [3.8, 4) is 0 Å². The monoisotopic (exact) mass is 265 g/mol. The van der Waals surface area contributed by atoms with E-state index in [1.54, 1.807) is 0 Å². The van der Waals surface area contributed by atoms with Crippen LogP contribution < -0.4 is 5.32 Å². The summed E-state index contributed by atoms with van der Waals surface area (Å²) in [5.41, 5.74) is 1.20. The maximum Gasteiger partial charge on any atom is 0.100 e. The molecule has 0 saturated carbocycles. The highest BCUT2D eigenvalue weighted by Gasteiger charge is 2.51. The van der Waals surface area contributed by atoms with Gasteiger partial charge in [0.2, 0.25) is 0 Å². The summed E-state index contributed by atoms with van der Waals surface area (Å²) < 4.78 is 20.2. The van der Waals surface area contributed by atoms with Gasteiger partial charge in [0.25, 0.3) is 0 Å². The van der Waals surface area contributed by atoms with Crippen LogP contribution in [0.5, 0.6) is 0 Å². The van der Waals surface area contributed by atoms with Crippen LogP contribution in [0.2, 0.25) is 0 Å². The van der Waals surface area contributed by atoms with Crippen molar-refractivity contribution in [2.75, 3.05) is 13.1 Å². The van der Waals surface area contributed by atoms with Crippen LogP contribution in [0.4, 0.5) is 4.39 Å². The third-order valence-corrected chi connectivity index (χ3v) is 4.69. The maximum atomic E-state index is 13.7. The van der Waals surface area contributed by atoms with Crippen LogP contribution in [0, 0.1) is 11.8 Å². The van der Waals surface area contributed by atoms with Crippen molar-refractivity contribution >= 4 is 0 Å². The average molecular weight is 265 g/mol. The quantitative estimate of drug-likeness (QED) is 0.773. The third kappa shape index (κ3) is 2.38. The van der Waals surface area contributed by atoms with E-state index in [-0.39, 0.29) is 23.4 Å². The fourth-order valence-electron chi connectivity index (χ4n) is 3.79. The summed E-state index contributed by atoms with van der Waals surface area (Å²) >= 11 is 0. The Bertz CT molecular complexity index is 407. The van der Waals surface area contributed by atoms with Gasteiger partial charge in [-0.3, -0.25) is 0 Å². The van der Waals surface area contributed by atoms with Gasteiger partial charge in [0.15, 0.2) is 0 Å². The van der Waals surface area contributed by atoms with Crippen LogP contribution in [0.25, 0.3) is 0 Å². The smallest absolute Gasteiger partial charge is 0.100 e. The molecule has 106 valence electrons. The lowest BCUT2D eigenvalue weighted by Gasteiger charge is -2.37. The highest BCUT2D eigenvalue weighted by atomic mass is 19.1. The highest BCUT2D eigenvalue weighted by Crippen LogP contribution is 2.50. The average Bonchev–Trinajstić information content (AvgIpc) is 2.64. The molecule has 0 amide bonds. The summed E-state index contributed by atoms with van der Waals surface area (Å²) in [7, 11) is 0. The number of nitrogens with one attached hydrogen (secondary N) is 1. The Morgan fingerprint density at radius 2 is 2.16 bits per heavy atom. The van der Waals surface area contributed by atoms with Gasteiger partial charge >= 0.3 is 0 Å². The molecule has 2 fully saturated rings. The molecule has 2 aliphatic heterocycles. The SMILES string of the molecule is CC(C)CC1OC2(CCNCC2)C2C=C(F)CC=C12. The second-order valence-corrected chi connectivity index (χ2v) is 6.55. The molecule has 2 heterocycles. The van der Waals surface area contributed by atoms with Gasteiger partial charge < -0.3 is 10.1 Å². The lowest BCUT2D eigenvalue weighted by molar-refractivity contribution is -0.0741. The summed E-state index contributed by atoms with van der Waals surface area (Å²) in [4.78, 5) is 0. The molecule has 2 saturated heterocycles. The molecule has 3 aliphatic rings. The summed E-state index contributed by atoms with van der Waals surface area (Å²) in [6.45, 7) is 6.42. The van der Waals surface area contributed by atoms with Crippen LogP contribution in [0.15, 0.2) is 23.6 Å². The van der Waals surface area contributed by atoms with E-state index in [0.29, 0.717) is 12.3 Å². The molecule has 1 aliphatic carbocycles. The number of fused-ring (bicyclic) bond motifs is 2. The fourth-order valence-corrected chi connectivity index (χ4v) is 3.79. The lowest BCUT2D eigenvalue weighted by atomic mass is 9.75. The molecule has 3 rings (SSSR count). The molecule has 2 nitrogen and oxygen atoms in total. The largest absolute Gasteiger partial charge is 0.366 e. The van der Waals surface area contributed by atoms with Crippen LogP contribution in [0.1, 0.15) is 39.5 Å². The maximum absolute atomic E-state index is 13.7. The molecule has 0 bridgehead atoms. The Labute approximate surface area is 115 Å². The number of rotatable bonds is 2. The predicted molar refractivity (Wildman–Crippen MR) is 74.5 cm³/mol. The molecule has 3 heteroatoms. The Hall–Kier alpha value is -0.670. The predicted octanol–water partition coefficient (Wildman–Crippen LogP) is 3.35. The van der Waals surface area contributed by atoms with Crippen molar-refractivity contribution in [3.63, 3.8) is 0 Å². The van der Waals surface area contributed by atoms with Crippen molar-refractivity contribution in [1.29, 1.82) is 0 Å². The molecule has 0 aromatic rings. The van der Waals surface area contributed by atoms with Gasteiger partial charge in [0, 0.05) is 12.3 Å². The number of hydrogen-bond acceptors (Lipinski definition) is 2. The number of allylic oxidation sites excluding steroid dienone is 2. The first kappa shape index (κ1) is 13.3. The minimum absolute atomic E-state index is 0.0143. The molecule has 19 heavy (non-hydrogen) atoms. The first-order valence-corrected chi connectivity index (χ1v) is 7.55. The molecule has 1 spiro atoms. The summed E-state index contributed by atoms with van der Waals surface area (Å²) in [6.07, 6.45) is 7.61. The topological polar surface area (TPSA) is 21.3 Å². The minimum atomic E-state index is -0.144. The minimum Gasteiger partial charge on any atom is -0.366 e. The van der Waals surface area contributed by atoms with Crippen molar-refractivity contribution in [2.24, 2.45) is 11.8 Å². The molecule has 2 unspecified atom stereocenters. The fraction of sp³-hybridized carbons (Fsp3) is 0.750. The lowest BCUT2D eigenvalue weighted by Crippen LogP contribution is -2.46. The van der Waals surface area contributed by atoms with Gasteiger partial charge in [-0.25, -0.2) is 4.39 Å². The first-order chi connectivity index (χ1) is 9.11. The van der Waals surface area contributed by atoms with Crippen molar-refractivity contribution < 1.29 is 9.13 Å². The number of piperidine rings is 1. The van der Waals surface area contributed by atoms with E-state index < -0.39 is 0 Å².